The van der Waals surface area contributed by atoms with Crippen molar-refractivity contribution in [3.05, 3.63) is 58.2 Å². The quantitative estimate of drug-likeness (QED) is 0.501. The van der Waals surface area contributed by atoms with Crippen LogP contribution in [0, 0.1) is 0 Å². The van der Waals surface area contributed by atoms with Gasteiger partial charge in [-0.1, -0.05) is 34.1 Å². The minimum atomic E-state index is -5.10. The molecule has 0 aliphatic rings. The average Bonchev–Trinajstić information content (AvgIpc) is 3.15. The summed E-state index contributed by atoms with van der Waals surface area (Å²) in [5, 5.41) is 14.7. The number of hydrogen-bond acceptors (Lipinski definition) is 7. The van der Waals surface area contributed by atoms with Crippen LogP contribution < -0.4 is 4.74 Å². The van der Waals surface area contributed by atoms with Crippen LogP contribution in [0.15, 0.2) is 46.9 Å². The van der Waals surface area contributed by atoms with Gasteiger partial charge >= 0.3 is 18.3 Å². The molecule has 0 atom stereocenters. The van der Waals surface area contributed by atoms with Gasteiger partial charge < -0.3 is 19.3 Å². The Morgan fingerprint density at radius 2 is 1.69 bits per heavy atom. The Hall–Kier alpha value is -3.54. The minimum Gasteiger partial charge on any atom is -0.504 e. The molecule has 32 heavy (non-hydrogen) atoms. The highest BCUT2D eigenvalue weighted by Crippen LogP contribution is 2.43. The lowest BCUT2D eigenvalue weighted by molar-refractivity contribution is -0.275. The highest BCUT2D eigenvalue weighted by molar-refractivity contribution is 9.10. The molecule has 0 saturated heterocycles. The van der Waals surface area contributed by atoms with Crippen molar-refractivity contribution in [2.24, 2.45) is 0 Å². The zero-order chi connectivity index (χ0) is 23.6. The summed E-state index contributed by atoms with van der Waals surface area (Å²) in [7, 11) is 2.13. The molecule has 1 N–H and O–H groups in total. The van der Waals surface area contributed by atoms with Crippen molar-refractivity contribution in [3.8, 4) is 28.4 Å². The molecule has 0 fully saturated rings. The number of carbonyl (C=O) groups is 2. The normalized spacial score (nSPS) is 11.2. The van der Waals surface area contributed by atoms with Crippen molar-refractivity contribution >= 4 is 27.9 Å². The molecule has 1 heterocycles. The Bertz CT molecular complexity index is 1180. The van der Waals surface area contributed by atoms with Gasteiger partial charge in [0.2, 0.25) is 0 Å². The van der Waals surface area contributed by atoms with Gasteiger partial charge in [-0.05, 0) is 24.3 Å². The van der Waals surface area contributed by atoms with Gasteiger partial charge in [0.05, 0.1) is 19.9 Å². The van der Waals surface area contributed by atoms with Crippen LogP contribution in [0.1, 0.15) is 20.8 Å². The van der Waals surface area contributed by atoms with E-state index in [9.17, 15) is 27.9 Å². The number of benzene rings is 2. The number of esters is 2. The topological polar surface area (TPSA) is 99.9 Å². The summed E-state index contributed by atoms with van der Waals surface area (Å²) in [6, 6.07) is 10.2. The second-order valence-electron chi connectivity index (χ2n) is 6.15. The molecule has 0 bridgehead atoms. The number of halogens is 4. The number of carbonyl (C=O) groups excluding carboxylic acids is 2. The van der Waals surface area contributed by atoms with Crippen LogP contribution in [0.4, 0.5) is 13.2 Å². The lowest BCUT2D eigenvalue weighted by atomic mass is 10.0. The summed E-state index contributed by atoms with van der Waals surface area (Å²) in [6.45, 7) is 0. The van der Waals surface area contributed by atoms with E-state index < -0.39 is 35.4 Å². The molecule has 3 rings (SSSR count). The molecular weight excluding hydrogens is 501 g/mol. The summed E-state index contributed by atoms with van der Waals surface area (Å²) in [5.41, 5.74) is -1.08. The van der Waals surface area contributed by atoms with E-state index >= 15 is 0 Å². The Morgan fingerprint density at radius 1 is 1.06 bits per heavy atom. The van der Waals surface area contributed by atoms with Crippen LogP contribution in [0.5, 0.6) is 11.5 Å². The zero-order valence-electron chi connectivity index (χ0n) is 16.4. The Balaban J connectivity index is 2.38. The van der Waals surface area contributed by atoms with E-state index in [1.807, 2.05) is 0 Å². The highest BCUT2D eigenvalue weighted by Gasteiger charge is 2.36. The lowest BCUT2D eigenvalue weighted by Gasteiger charge is -2.13. The van der Waals surface area contributed by atoms with Crippen LogP contribution in [0.2, 0.25) is 0 Å². The maximum absolute atomic E-state index is 12.8. The van der Waals surface area contributed by atoms with Crippen molar-refractivity contribution in [2.45, 2.75) is 6.36 Å². The first-order chi connectivity index (χ1) is 15.1. The van der Waals surface area contributed by atoms with E-state index in [4.69, 9.17) is 9.47 Å². The van der Waals surface area contributed by atoms with Gasteiger partial charge in [-0.2, -0.15) is 5.10 Å². The molecular formula is C20H14BrF3N2O6. The van der Waals surface area contributed by atoms with Crippen molar-refractivity contribution < 1.29 is 42.1 Å². The Kier molecular flexibility index (Phi) is 6.44. The molecule has 3 aromatic rings. The molecule has 1 aromatic heterocycles. The number of hydrogen-bond donors (Lipinski definition) is 1. The van der Waals surface area contributed by atoms with Gasteiger partial charge in [0, 0.05) is 10.0 Å². The third kappa shape index (κ3) is 4.54. The predicted molar refractivity (Wildman–Crippen MR) is 108 cm³/mol. The van der Waals surface area contributed by atoms with Crippen molar-refractivity contribution in [2.75, 3.05) is 14.2 Å². The van der Waals surface area contributed by atoms with Crippen LogP contribution in [-0.2, 0) is 9.47 Å². The molecule has 0 saturated carbocycles. The second-order valence-corrected chi connectivity index (χ2v) is 7.07. The van der Waals surface area contributed by atoms with Crippen LogP contribution >= 0.6 is 15.9 Å². The van der Waals surface area contributed by atoms with Crippen LogP contribution in [-0.4, -0.2) is 47.4 Å². The van der Waals surface area contributed by atoms with Gasteiger partial charge in [-0.15, -0.1) is 13.2 Å². The predicted octanol–water partition coefficient (Wildman–Crippen LogP) is 4.48. The van der Waals surface area contributed by atoms with E-state index in [0.29, 0.717) is 5.69 Å². The van der Waals surface area contributed by atoms with Gasteiger partial charge in [0.25, 0.3) is 0 Å². The molecule has 8 nitrogen and oxygen atoms in total. The number of alkyl halides is 3. The second kappa shape index (κ2) is 8.91. The fraction of sp³-hybridized carbons (Fsp3) is 0.150. The first-order valence-corrected chi connectivity index (χ1v) is 9.50. The number of methoxy groups -OCH3 is 2. The maximum atomic E-state index is 12.8. The summed E-state index contributed by atoms with van der Waals surface area (Å²) in [4.78, 5) is 25.2. The molecule has 0 aliphatic carbocycles. The highest BCUT2D eigenvalue weighted by atomic mass is 79.9. The molecule has 0 radical (unpaired) electrons. The van der Waals surface area contributed by atoms with Crippen LogP contribution in [0.25, 0.3) is 16.9 Å². The molecule has 2 aromatic carbocycles. The summed E-state index contributed by atoms with van der Waals surface area (Å²) >= 11 is 3.04. The van der Waals surface area contributed by atoms with Gasteiger partial charge in [-0.25, -0.2) is 14.3 Å². The number of ether oxygens (including phenoxy) is 3. The molecule has 0 spiro atoms. The fourth-order valence-corrected chi connectivity index (χ4v) is 3.34. The largest absolute Gasteiger partial charge is 0.573 e. The maximum Gasteiger partial charge on any atom is 0.573 e. The number of nitrogens with zero attached hydrogens (tertiary/aromatic N) is 2. The number of phenols is 1. The van der Waals surface area contributed by atoms with Crippen molar-refractivity contribution in [3.63, 3.8) is 0 Å². The molecule has 0 amide bonds. The number of rotatable bonds is 5. The van der Waals surface area contributed by atoms with E-state index in [1.165, 1.54) is 6.07 Å². The van der Waals surface area contributed by atoms with Crippen LogP contribution in [0.3, 0.4) is 0 Å². The fourth-order valence-electron chi connectivity index (χ4n) is 2.90. The molecule has 12 heteroatoms. The Morgan fingerprint density at radius 3 is 2.25 bits per heavy atom. The number of aromatic hydroxyl groups is 1. The van der Waals surface area contributed by atoms with Gasteiger partial charge in [0.1, 0.15) is 11.3 Å². The van der Waals surface area contributed by atoms with Crippen molar-refractivity contribution in [1.82, 2.24) is 9.78 Å². The number of aromatic nitrogens is 2. The molecule has 0 aliphatic heterocycles. The minimum absolute atomic E-state index is 0.0780. The number of phenolic OH excluding ortho intramolecular Hbond substituents is 1. The van der Waals surface area contributed by atoms with E-state index in [0.717, 1.165) is 25.0 Å². The van der Waals surface area contributed by atoms with E-state index in [1.54, 1.807) is 30.3 Å². The monoisotopic (exact) mass is 514 g/mol. The third-order valence-corrected chi connectivity index (χ3v) is 4.63. The first kappa shape index (κ1) is 23.1. The standard InChI is InChI=1S/C20H14BrF3N2O6/c1-30-18(28)14-15(12-8-10(21)9-13(17(12)27)32-20(22,23)24)25-26(16(14)19(29)31-2)11-6-4-3-5-7-11/h3-9,27H,1-2H3. The summed E-state index contributed by atoms with van der Waals surface area (Å²) < 4.78 is 52.9. The average molecular weight is 515 g/mol. The van der Waals surface area contributed by atoms with E-state index in [-0.39, 0.29) is 21.4 Å². The van der Waals surface area contributed by atoms with Gasteiger partial charge in [-0.3, -0.25) is 0 Å². The molecule has 0 unspecified atom stereocenters. The lowest BCUT2D eigenvalue weighted by Crippen LogP contribution is -2.17. The number of para-hydroxylation sites is 1. The van der Waals surface area contributed by atoms with E-state index in [2.05, 4.69) is 25.8 Å². The SMILES string of the molecule is COC(=O)c1c(-c2cc(Br)cc(OC(F)(F)F)c2O)nn(-c2ccccc2)c1C(=O)OC. The Labute approximate surface area is 187 Å². The summed E-state index contributed by atoms with van der Waals surface area (Å²) in [6.07, 6.45) is -5.10. The first-order valence-electron chi connectivity index (χ1n) is 8.71. The summed E-state index contributed by atoms with van der Waals surface area (Å²) in [5.74, 6) is -3.88. The zero-order valence-corrected chi connectivity index (χ0v) is 18.0. The van der Waals surface area contributed by atoms with Crippen molar-refractivity contribution in [1.29, 1.82) is 0 Å². The smallest absolute Gasteiger partial charge is 0.504 e. The molecule has 168 valence electrons. The van der Waals surface area contributed by atoms with Gasteiger partial charge in [0.15, 0.2) is 17.2 Å². The third-order valence-electron chi connectivity index (χ3n) is 4.17.